The molecule has 10 heavy (non-hydrogen) atoms. The van der Waals surface area contributed by atoms with E-state index in [0.717, 1.165) is 0 Å². The highest BCUT2D eigenvalue weighted by atomic mass is 16.7. The third kappa shape index (κ3) is 7.78. The molecule has 0 fully saturated rings. The summed E-state index contributed by atoms with van der Waals surface area (Å²) in [6, 6.07) is 0. The van der Waals surface area contributed by atoms with Crippen molar-refractivity contribution in [2.45, 2.75) is 6.10 Å². The predicted octanol–water partition coefficient (Wildman–Crippen LogP) is -3.89. The lowest BCUT2D eigenvalue weighted by Gasteiger charge is -2.14. The molecule has 0 aliphatic heterocycles. The molecule has 0 saturated heterocycles. The first-order valence-corrected chi connectivity index (χ1v) is 2.32. The van der Waals surface area contributed by atoms with E-state index in [0.29, 0.717) is 0 Å². The van der Waals surface area contributed by atoms with Crippen molar-refractivity contribution in [2.75, 3.05) is 6.73 Å². The van der Waals surface area contributed by atoms with E-state index in [9.17, 15) is 0 Å². The van der Waals surface area contributed by atoms with Crippen LogP contribution in [0.5, 0.6) is 0 Å². The monoisotopic (exact) mass is 153 g/mol. The Morgan fingerprint density at radius 2 is 1.80 bits per heavy atom. The van der Waals surface area contributed by atoms with E-state index in [2.05, 4.69) is 4.65 Å². The molecule has 0 aromatic rings. The molecule has 0 rings (SSSR count). The lowest BCUT2D eigenvalue weighted by Crippen LogP contribution is -2.46. The largest absolute Gasteiger partial charge is 0.634 e. The third-order valence-electron chi connectivity index (χ3n) is 0.542. The molecule has 60 valence electrons. The second-order valence-corrected chi connectivity index (χ2v) is 1.45. The van der Waals surface area contributed by atoms with Gasteiger partial charge in [-0.15, -0.1) is 0 Å². The first-order valence-electron chi connectivity index (χ1n) is 2.32. The topological polar surface area (TPSA) is 122 Å². The number of rotatable bonds is 4. The minimum absolute atomic E-state index is 0.610. The molecule has 0 amide bonds. The fraction of sp³-hybridized carbons (Fsp3) is 1.00. The van der Waals surface area contributed by atoms with Crippen LogP contribution in [0.3, 0.4) is 0 Å². The van der Waals surface area contributed by atoms with Crippen LogP contribution in [0.2, 0.25) is 0 Å². The number of nitrogens with one attached hydrogen (secondary N) is 1. The molecule has 0 spiro atoms. The average Bonchev–Trinajstić information content (AvgIpc) is 1.59. The molecule has 7 nitrogen and oxygen atoms in total. The van der Waals surface area contributed by atoms with E-state index in [-0.39, 0.29) is 0 Å². The van der Waals surface area contributed by atoms with Crippen molar-refractivity contribution in [3.63, 3.8) is 0 Å². The van der Waals surface area contributed by atoms with Crippen LogP contribution >= 0.6 is 0 Å². The van der Waals surface area contributed by atoms with Crippen LogP contribution in [0.4, 0.5) is 0 Å². The summed E-state index contributed by atoms with van der Waals surface area (Å²) in [6.45, 7) is -0.610. The maximum absolute atomic E-state index is 8.09. The van der Waals surface area contributed by atoms with Crippen LogP contribution in [-0.4, -0.2) is 45.5 Å². The Morgan fingerprint density at radius 1 is 1.30 bits per heavy atom. The van der Waals surface area contributed by atoms with E-state index in [1.54, 1.807) is 5.32 Å². The minimum Gasteiger partial charge on any atom is -0.402 e. The lowest BCUT2D eigenvalue weighted by atomic mass is 10.3. The molecule has 0 aromatic carbocycles. The molecule has 0 unspecified atom stereocenters. The first kappa shape index (κ1) is 9.78. The van der Waals surface area contributed by atoms with Crippen molar-refractivity contribution in [3.05, 3.63) is 0 Å². The van der Waals surface area contributed by atoms with Crippen LogP contribution in [0, 0.1) is 0 Å². The van der Waals surface area contributed by atoms with Crippen molar-refractivity contribution >= 4 is 7.32 Å². The Balaban J connectivity index is 3.21. The van der Waals surface area contributed by atoms with Crippen LogP contribution < -0.4 is 5.32 Å². The average molecular weight is 153 g/mol. The van der Waals surface area contributed by atoms with Crippen molar-refractivity contribution in [1.82, 2.24) is 5.32 Å². The molecule has 0 bridgehead atoms. The summed E-state index contributed by atoms with van der Waals surface area (Å²) in [4.78, 5) is 0. The predicted molar refractivity (Wildman–Crippen MR) is 28.7 cm³/mol. The second-order valence-electron chi connectivity index (χ2n) is 1.45. The zero-order valence-electron chi connectivity index (χ0n) is 4.93. The third-order valence-corrected chi connectivity index (χ3v) is 0.542. The number of hydrogen-bond donors (Lipinski definition) is 6. The van der Waals surface area contributed by atoms with Gasteiger partial charge < -0.3 is 30.0 Å². The van der Waals surface area contributed by atoms with Gasteiger partial charge in [-0.25, -0.2) is 5.32 Å². The molecule has 0 atom stereocenters. The van der Waals surface area contributed by atoms with Crippen LogP contribution in [0.15, 0.2) is 0 Å². The van der Waals surface area contributed by atoms with Gasteiger partial charge in [-0.1, -0.05) is 0 Å². The van der Waals surface area contributed by atoms with Gasteiger partial charge in [0.25, 0.3) is 0 Å². The normalized spacial score (nSPS) is 11.7. The standard InChI is InChI=1S/C2H8BNO6/c5-2(6,7)4-1-10-3(8)9/h4-9H,1H2. The molecule has 0 saturated carbocycles. The Hall–Kier alpha value is -0.215. The highest BCUT2D eigenvalue weighted by Crippen LogP contribution is 1.83. The number of aliphatic hydroxyl groups is 3. The van der Waals surface area contributed by atoms with E-state index >= 15 is 0 Å². The van der Waals surface area contributed by atoms with Gasteiger partial charge in [0, 0.05) is 0 Å². The van der Waals surface area contributed by atoms with Crippen molar-refractivity contribution < 1.29 is 30.0 Å². The van der Waals surface area contributed by atoms with Crippen LogP contribution in [0.25, 0.3) is 0 Å². The van der Waals surface area contributed by atoms with Gasteiger partial charge in [-0.3, -0.25) is 0 Å². The highest BCUT2D eigenvalue weighted by Gasteiger charge is 2.18. The van der Waals surface area contributed by atoms with Gasteiger partial charge in [0.05, 0.1) is 6.73 Å². The van der Waals surface area contributed by atoms with E-state index in [4.69, 9.17) is 25.4 Å². The van der Waals surface area contributed by atoms with E-state index < -0.39 is 20.1 Å². The van der Waals surface area contributed by atoms with Crippen molar-refractivity contribution in [1.29, 1.82) is 0 Å². The maximum atomic E-state index is 8.09. The summed E-state index contributed by atoms with van der Waals surface area (Å²) >= 11 is 0. The smallest absolute Gasteiger partial charge is 0.402 e. The SMILES string of the molecule is OB(O)OCNC(O)(O)O. The quantitative estimate of drug-likeness (QED) is 0.180. The Bertz CT molecular complexity index is 90.2. The van der Waals surface area contributed by atoms with Gasteiger partial charge in [0.1, 0.15) is 0 Å². The Kier molecular flexibility index (Phi) is 3.75. The Morgan fingerprint density at radius 3 is 2.10 bits per heavy atom. The highest BCUT2D eigenvalue weighted by molar-refractivity contribution is 6.32. The molecule has 0 aliphatic carbocycles. The van der Waals surface area contributed by atoms with Crippen LogP contribution in [-0.2, 0) is 4.65 Å². The Labute approximate surface area is 56.7 Å². The summed E-state index contributed by atoms with van der Waals surface area (Å²) in [5, 5.41) is 41.8. The molecule has 8 heteroatoms. The summed E-state index contributed by atoms with van der Waals surface area (Å²) < 4.78 is 3.94. The second kappa shape index (κ2) is 3.83. The number of hydrogen-bond acceptors (Lipinski definition) is 7. The van der Waals surface area contributed by atoms with Crippen molar-refractivity contribution in [2.24, 2.45) is 0 Å². The first-order chi connectivity index (χ1) is 4.42. The summed E-state index contributed by atoms with van der Waals surface area (Å²) in [6.07, 6.45) is -3.06. The van der Waals surface area contributed by atoms with Crippen molar-refractivity contribution in [3.8, 4) is 0 Å². The molecule has 0 aliphatic rings. The molecule has 0 aromatic heterocycles. The maximum Gasteiger partial charge on any atom is 0.634 e. The summed E-state index contributed by atoms with van der Waals surface area (Å²) in [5.41, 5.74) is 0. The molecule has 0 heterocycles. The van der Waals surface area contributed by atoms with Crippen LogP contribution in [0.1, 0.15) is 0 Å². The van der Waals surface area contributed by atoms with Gasteiger partial charge in [-0.2, -0.15) is 0 Å². The summed E-state index contributed by atoms with van der Waals surface area (Å²) in [5.74, 6) is 0. The molecular weight excluding hydrogens is 145 g/mol. The molecular formula is C2H8BNO6. The summed E-state index contributed by atoms with van der Waals surface area (Å²) in [7, 11) is -2.02. The van der Waals surface area contributed by atoms with Gasteiger partial charge >= 0.3 is 13.4 Å². The van der Waals surface area contributed by atoms with E-state index in [1.165, 1.54) is 0 Å². The molecule has 0 radical (unpaired) electrons. The zero-order valence-corrected chi connectivity index (χ0v) is 4.93. The lowest BCUT2D eigenvalue weighted by molar-refractivity contribution is -0.335. The van der Waals surface area contributed by atoms with Gasteiger partial charge in [0.2, 0.25) is 0 Å². The van der Waals surface area contributed by atoms with E-state index in [1.807, 2.05) is 0 Å². The molecule has 6 N–H and O–H groups in total. The zero-order chi connectivity index (χ0) is 8.20. The van der Waals surface area contributed by atoms with Gasteiger partial charge in [0.15, 0.2) is 0 Å². The van der Waals surface area contributed by atoms with Gasteiger partial charge in [-0.05, 0) is 0 Å². The fourth-order valence-electron chi connectivity index (χ4n) is 0.213. The fourth-order valence-corrected chi connectivity index (χ4v) is 0.213. The minimum atomic E-state index is -3.06.